The Labute approximate surface area is 80.5 Å². The maximum absolute atomic E-state index is 10.5. The lowest BCUT2D eigenvalue weighted by molar-refractivity contribution is 0.0759. The van der Waals surface area contributed by atoms with Gasteiger partial charge < -0.3 is 4.74 Å². The second-order valence-electron chi connectivity index (χ2n) is 3.35. The van der Waals surface area contributed by atoms with Crippen LogP contribution in [0, 0.1) is 0 Å². The second kappa shape index (κ2) is 6.34. The third kappa shape index (κ3) is 11.9. The maximum Gasteiger partial charge on any atom is 0.209 e. The number of unbranched alkanes of at least 4 members (excludes halogenated alkanes) is 2. The summed E-state index contributed by atoms with van der Waals surface area (Å²) in [4.78, 5) is 0. The molecule has 4 nitrogen and oxygen atoms in total. The summed E-state index contributed by atoms with van der Waals surface area (Å²) in [5.41, 5.74) is 0. The van der Waals surface area contributed by atoms with Crippen molar-refractivity contribution in [1.29, 1.82) is 0 Å². The highest BCUT2D eigenvalue weighted by molar-refractivity contribution is 7.89. The van der Waals surface area contributed by atoms with Gasteiger partial charge in [-0.05, 0) is 26.7 Å². The molecule has 0 radical (unpaired) electrons. The van der Waals surface area contributed by atoms with Gasteiger partial charge in [-0.25, -0.2) is 13.6 Å². The Morgan fingerprint density at radius 3 is 2.31 bits per heavy atom. The number of primary sulfonamides is 1. The Balaban J connectivity index is 3.18. The van der Waals surface area contributed by atoms with Crippen molar-refractivity contribution in [2.24, 2.45) is 5.14 Å². The Morgan fingerprint density at radius 2 is 1.85 bits per heavy atom. The smallest absolute Gasteiger partial charge is 0.209 e. The zero-order chi connectivity index (χ0) is 10.3. The van der Waals surface area contributed by atoms with Crippen LogP contribution in [0.2, 0.25) is 0 Å². The molecule has 0 heterocycles. The van der Waals surface area contributed by atoms with Crippen LogP contribution in [0.5, 0.6) is 0 Å². The molecular weight excluding hydrogens is 190 g/mol. The monoisotopic (exact) mass is 209 g/mol. The summed E-state index contributed by atoms with van der Waals surface area (Å²) in [6.45, 7) is 4.65. The zero-order valence-electron chi connectivity index (χ0n) is 8.32. The quantitative estimate of drug-likeness (QED) is 0.632. The predicted octanol–water partition coefficient (Wildman–Crippen LogP) is 0.870. The highest BCUT2D eigenvalue weighted by atomic mass is 32.2. The average molecular weight is 209 g/mol. The van der Waals surface area contributed by atoms with E-state index >= 15 is 0 Å². The Hall–Kier alpha value is -0.130. The normalized spacial score (nSPS) is 12.3. The number of ether oxygens (including phenoxy) is 1. The summed E-state index contributed by atoms with van der Waals surface area (Å²) in [6, 6.07) is 0. The summed E-state index contributed by atoms with van der Waals surface area (Å²) in [5, 5.41) is 4.84. The first kappa shape index (κ1) is 12.9. The first-order chi connectivity index (χ1) is 5.92. The summed E-state index contributed by atoms with van der Waals surface area (Å²) < 4.78 is 26.3. The summed E-state index contributed by atoms with van der Waals surface area (Å²) >= 11 is 0. The van der Waals surface area contributed by atoms with Gasteiger partial charge in [0.05, 0.1) is 11.9 Å². The van der Waals surface area contributed by atoms with Gasteiger partial charge in [-0.3, -0.25) is 0 Å². The molecule has 0 unspecified atom stereocenters. The van der Waals surface area contributed by atoms with Gasteiger partial charge in [-0.15, -0.1) is 0 Å². The topological polar surface area (TPSA) is 69.4 Å². The first-order valence-electron chi connectivity index (χ1n) is 4.54. The third-order valence-electron chi connectivity index (χ3n) is 1.52. The van der Waals surface area contributed by atoms with Crippen molar-refractivity contribution in [2.75, 3.05) is 12.4 Å². The molecule has 0 saturated carbocycles. The molecule has 0 aliphatic carbocycles. The second-order valence-corrected chi connectivity index (χ2v) is 5.08. The van der Waals surface area contributed by atoms with Gasteiger partial charge in [0, 0.05) is 6.61 Å². The van der Waals surface area contributed by atoms with E-state index in [1.165, 1.54) is 0 Å². The summed E-state index contributed by atoms with van der Waals surface area (Å²) in [5.74, 6) is 0.0781. The number of nitrogens with two attached hydrogens (primary N) is 1. The van der Waals surface area contributed by atoms with Crippen LogP contribution in [0.15, 0.2) is 0 Å². The van der Waals surface area contributed by atoms with Gasteiger partial charge in [-0.1, -0.05) is 6.42 Å². The van der Waals surface area contributed by atoms with Crippen molar-refractivity contribution in [3.8, 4) is 0 Å². The standard InChI is InChI=1S/C8H19NO3S/c1-8(2)12-6-4-3-5-7-13(9,10)11/h8H,3-7H2,1-2H3,(H2,9,10,11). The number of rotatable bonds is 7. The molecule has 0 bridgehead atoms. The van der Waals surface area contributed by atoms with Gasteiger partial charge in [0.2, 0.25) is 10.0 Å². The van der Waals surface area contributed by atoms with E-state index in [4.69, 9.17) is 9.88 Å². The number of hydrogen-bond acceptors (Lipinski definition) is 3. The highest BCUT2D eigenvalue weighted by Gasteiger charge is 2.01. The minimum absolute atomic E-state index is 0.0781. The van der Waals surface area contributed by atoms with Crippen molar-refractivity contribution in [2.45, 2.75) is 39.2 Å². The van der Waals surface area contributed by atoms with E-state index in [0.29, 0.717) is 13.0 Å². The Morgan fingerprint density at radius 1 is 1.23 bits per heavy atom. The highest BCUT2D eigenvalue weighted by Crippen LogP contribution is 1.99. The molecule has 0 aromatic heterocycles. The zero-order valence-corrected chi connectivity index (χ0v) is 9.14. The molecule has 0 fully saturated rings. The molecule has 0 rings (SSSR count). The van der Waals surface area contributed by atoms with Gasteiger partial charge in [-0.2, -0.15) is 0 Å². The first-order valence-corrected chi connectivity index (χ1v) is 6.25. The average Bonchev–Trinajstić information content (AvgIpc) is 1.93. The maximum atomic E-state index is 10.5. The van der Waals surface area contributed by atoms with Crippen LogP contribution in [0.4, 0.5) is 0 Å². The lowest BCUT2D eigenvalue weighted by Crippen LogP contribution is -2.16. The number of sulfonamides is 1. The molecule has 0 aliphatic heterocycles. The molecule has 0 aromatic carbocycles. The van der Waals surface area contributed by atoms with Crippen LogP contribution < -0.4 is 5.14 Å². The molecule has 0 spiro atoms. The fourth-order valence-corrected chi connectivity index (χ4v) is 1.51. The van der Waals surface area contributed by atoms with E-state index < -0.39 is 10.0 Å². The molecule has 0 amide bonds. The van der Waals surface area contributed by atoms with Gasteiger partial charge in [0.15, 0.2) is 0 Å². The minimum Gasteiger partial charge on any atom is -0.379 e. The van der Waals surface area contributed by atoms with Crippen molar-refractivity contribution < 1.29 is 13.2 Å². The molecule has 0 saturated heterocycles. The van der Waals surface area contributed by atoms with Crippen LogP contribution in [0.25, 0.3) is 0 Å². The van der Waals surface area contributed by atoms with Crippen molar-refractivity contribution >= 4 is 10.0 Å². The van der Waals surface area contributed by atoms with E-state index in [2.05, 4.69) is 0 Å². The molecule has 0 aromatic rings. The lowest BCUT2D eigenvalue weighted by atomic mass is 10.3. The van der Waals surface area contributed by atoms with Gasteiger partial charge in [0.1, 0.15) is 0 Å². The minimum atomic E-state index is -3.27. The fourth-order valence-electron chi connectivity index (χ4n) is 0.901. The van der Waals surface area contributed by atoms with Gasteiger partial charge in [0.25, 0.3) is 0 Å². The van der Waals surface area contributed by atoms with Crippen molar-refractivity contribution in [3.63, 3.8) is 0 Å². The SMILES string of the molecule is CC(C)OCCCCCS(N)(=O)=O. The molecule has 2 N–H and O–H groups in total. The molecule has 0 atom stereocenters. The van der Waals surface area contributed by atoms with E-state index in [1.54, 1.807) is 0 Å². The van der Waals surface area contributed by atoms with Crippen LogP contribution in [0.1, 0.15) is 33.1 Å². The third-order valence-corrected chi connectivity index (χ3v) is 2.38. The van der Waals surface area contributed by atoms with Crippen LogP contribution in [-0.2, 0) is 14.8 Å². The Bertz CT molecular complexity index is 211. The van der Waals surface area contributed by atoms with Crippen LogP contribution >= 0.6 is 0 Å². The Kier molecular flexibility index (Phi) is 6.28. The molecule has 13 heavy (non-hydrogen) atoms. The summed E-state index contributed by atoms with van der Waals surface area (Å²) in [7, 11) is -3.27. The molecular formula is C8H19NO3S. The van der Waals surface area contributed by atoms with Crippen LogP contribution in [0.3, 0.4) is 0 Å². The largest absolute Gasteiger partial charge is 0.379 e. The summed E-state index contributed by atoms with van der Waals surface area (Å²) in [6.07, 6.45) is 2.62. The molecule has 0 aliphatic rings. The predicted molar refractivity (Wildman–Crippen MR) is 52.9 cm³/mol. The van der Waals surface area contributed by atoms with E-state index in [9.17, 15) is 8.42 Å². The molecule has 5 heteroatoms. The lowest BCUT2D eigenvalue weighted by Gasteiger charge is -2.06. The van der Waals surface area contributed by atoms with E-state index in [0.717, 1.165) is 12.8 Å². The molecule has 80 valence electrons. The fraction of sp³-hybridized carbons (Fsp3) is 1.00. The van der Waals surface area contributed by atoms with Crippen LogP contribution in [-0.4, -0.2) is 26.9 Å². The number of hydrogen-bond donors (Lipinski definition) is 1. The van der Waals surface area contributed by atoms with E-state index in [-0.39, 0.29) is 11.9 Å². The van der Waals surface area contributed by atoms with Crippen molar-refractivity contribution in [1.82, 2.24) is 0 Å². The van der Waals surface area contributed by atoms with Crippen molar-refractivity contribution in [3.05, 3.63) is 0 Å². The van der Waals surface area contributed by atoms with Gasteiger partial charge >= 0.3 is 0 Å². The van der Waals surface area contributed by atoms with E-state index in [1.807, 2.05) is 13.8 Å².